The van der Waals surface area contributed by atoms with E-state index in [1.54, 1.807) is 0 Å². The highest BCUT2D eigenvalue weighted by molar-refractivity contribution is 5.50. The first-order valence-electron chi connectivity index (χ1n) is 7.37. The number of nitrogens with one attached hydrogen (secondary N) is 2. The largest absolute Gasteiger partial charge is 0.382 e. The van der Waals surface area contributed by atoms with Crippen molar-refractivity contribution in [3.8, 4) is 6.07 Å². The molecule has 3 rings (SSSR count). The summed E-state index contributed by atoms with van der Waals surface area (Å²) in [5, 5.41) is 16.3. The van der Waals surface area contributed by atoms with Gasteiger partial charge in [-0.15, -0.1) is 0 Å². The van der Waals surface area contributed by atoms with Gasteiger partial charge in [-0.3, -0.25) is 0 Å². The molecule has 0 bridgehead atoms. The lowest BCUT2D eigenvalue weighted by Crippen LogP contribution is -2.38. The fourth-order valence-electron chi connectivity index (χ4n) is 3.62. The van der Waals surface area contributed by atoms with Crippen molar-refractivity contribution in [3.05, 3.63) is 29.8 Å². The van der Waals surface area contributed by atoms with Gasteiger partial charge in [-0.25, -0.2) is 0 Å². The molecule has 1 aliphatic heterocycles. The summed E-state index contributed by atoms with van der Waals surface area (Å²) >= 11 is 0. The van der Waals surface area contributed by atoms with Crippen LogP contribution in [0.3, 0.4) is 0 Å². The molecule has 3 nitrogen and oxygen atoms in total. The van der Waals surface area contributed by atoms with E-state index in [4.69, 9.17) is 5.26 Å². The lowest BCUT2D eigenvalue weighted by Gasteiger charge is -2.27. The second-order valence-electron chi connectivity index (χ2n) is 5.74. The summed E-state index contributed by atoms with van der Waals surface area (Å²) < 4.78 is 0. The van der Waals surface area contributed by atoms with Gasteiger partial charge in [-0.2, -0.15) is 5.26 Å². The van der Waals surface area contributed by atoms with Gasteiger partial charge in [0, 0.05) is 17.8 Å². The Balaban J connectivity index is 1.69. The average molecular weight is 255 g/mol. The molecule has 19 heavy (non-hydrogen) atoms. The Labute approximate surface area is 115 Å². The topological polar surface area (TPSA) is 47.9 Å². The van der Waals surface area contributed by atoms with Crippen LogP contribution in [-0.4, -0.2) is 18.6 Å². The maximum absolute atomic E-state index is 8.96. The molecule has 3 atom stereocenters. The van der Waals surface area contributed by atoms with Gasteiger partial charge in [-0.05, 0) is 56.3 Å². The van der Waals surface area contributed by atoms with Crippen LogP contribution in [0.5, 0.6) is 0 Å². The smallest absolute Gasteiger partial charge is 0.0992 e. The number of hydrogen-bond donors (Lipinski definition) is 2. The first-order valence-corrected chi connectivity index (χ1v) is 7.37. The molecule has 1 heterocycles. The van der Waals surface area contributed by atoms with Crippen LogP contribution >= 0.6 is 0 Å². The quantitative estimate of drug-likeness (QED) is 0.873. The first-order chi connectivity index (χ1) is 9.36. The minimum atomic E-state index is 0.560. The molecule has 1 aromatic rings. The molecular weight excluding hydrogens is 234 g/mol. The molecule has 1 aromatic carbocycles. The molecule has 2 aliphatic rings. The Bertz CT molecular complexity index is 471. The SMILES string of the molecule is N#Cc1cccc(NC2CCCC2C2CCCN2)c1. The van der Waals surface area contributed by atoms with Gasteiger partial charge >= 0.3 is 0 Å². The number of anilines is 1. The predicted molar refractivity (Wildman–Crippen MR) is 76.9 cm³/mol. The lowest BCUT2D eigenvalue weighted by molar-refractivity contribution is 0.376. The van der Waals surface area contributed by atoms with Crippen molar-refractivity contribution in [3.63, 3.8) is 0 Å². The number of nitrogens with zero attached hydrogens (tertiary/aromatic N) is 1. The van der Waals surface area contributed by atoms with Gasteiger partial charge in [0.1, 0.15) is 0 Å². The Morgan fingerprint density at radius 3 is 2.95 bits per heavy atom. The highest BCUT2D eigenvalue weighted by atomic mass is 15.0. The predicted octanol–water partition coefficient (Wildman–Crippen LogP) is 2.89. The third-order valence-corrected chi connectivity index (χ3v) is 4.53. The minimum absolute atomic E-state index is 0.560. The monoisotopic (exact) mass is 255 g/mol. The number of hydrogen-bond acceptors (Lipinski definition) is 3. The Morgan fingerprint density at radius 2 is 2.16 bits per heavy atom. The summed E-state index contributed by atoms with van der Waals surface area (Å²) in [6.45, 7) is 1.18. The molecule has 3 unspecified atom stereocenters. The molecule has 100 valence electrons. The summed E-state index contributed by atoms with van der Waals surface area (Å²) in [5.74, 6) is 0.744. The number of nitriles is 1. The van der Waals surface area contributed by atoms with Crippen LogP contribution in [0.15, 0.2) is 24.3 Å². The fraction of sp³-hybridized carbons (Fsp3) is 0.562. The molecular formula is C16H21N3. The highest BCUT2D eigenvalue weighted by Crippen LogP contribution is 2.33. The Hall–Kier alpha value is -1.53. The molecule has 0 aromatic heterocycles. The molecule has 2 fully saturated rings. The first kappa shape index (κ1) is 12.5. The fourth-order valence-corrected chi connectivity index (χ4v) is 3.62. The summed E-state index contributed by atoms with van der Waals surface area (Å²) in [6.07, 6.45) is 6.53. The number of benzene rings is 1. The zero-order valence-electron chi connectivity index (χ0n) is 11.2. The van der Waals surface area contributed by atoms with Crippen LogP contribution in [0.4, 0.5) is 5.69 Å². The second-order valence-corrected chi connectivity index (χ2v) is 5.74. The molecule has 0 radical (unpaired) electrons. The third kappa shape index (κ3) is 2.74. The van der Waals surface area contributed by atoms with E-state index in [0.29, 0.717) is 12.1 Å². The van der Waals surface area contributed by atoms with Gasteiger partial charge in [0.25, 0.3) is 0 Å². The molecule has 0 spiro atoms. The van der Waals surface area contributed by atoms with E-state index in [-0.39, 0.29) is 0 Å². The van der Waals surface area contributed by atoms with Gasteiger partial charge in [0.15, 0.2) is 0 Å². The zero-order valence-corrected chi connectivity index (χ0v) is 11.2. The molecule has 1 saturated heterocycles. The van der Waals surface area contributed by atoms with Crippen molar-refractivity contribution in [2.75, 3.05) is 11.9 Å². The number of rotatable bonds is 3. The molecule has 1 saturated carbocycles. The lowest BCUT2D eigenvalue weighted by atomic mass is 9.93. The van der Waals surface area contributed by atoms with Gasteiger partial charge in [-0.1, -0.05) is 12.5 Å². The van der Waals surface area contributed by atoms with E-state index in [1.165, 1.54) is 38.6 Å². The summed E-state index contributed by atoms with van der Waals surface area (Å²) in [5.41, 5.74) is 1.83. The van der Waals surface area contributed by atoms with Crippen LogP contribution in [0.25, 0.3) is 0 Å². The van der Waals surface area contributed by atoms with Crippen molar-refractivity contribution < 1.29 is 0 Å². The van der Waals surface area contributed by atoms with Crippen molar-refractivity contribution in [2.45, 2.75) is 44.2 Å². The molecule has 0 amide bonds. The van der Waals surface area contributed by atoms with Crippen LogP contribution in [0.1, 0.15) is 37.7 Å². The van der Waals surface area contributed by atoms with E-state index in [1.807, 2.05) is 18.2 Å². The maximum atomic E-state index is 8.96. The molecule has 2 N–H and O–H groups in total. The van der Waals surface area contributed by atoms with Crippen LogP contribution in [0.2, 0.25) is 0 Å². The van der Waals surface area contributed by atoms with E-state index >= 15 is 0 Å². The Morgan fingerprint density at radius 1 is 1.21 bits per heavy atom. The van der Waals surface area contributed by atoms with E-state index in [2.05, 4.69) is 22.8 Å². The molecule has 1 aliphatic carbocycles. The van der Waals surface area contributed by atoms with Gasteiger partial charge < -0.3 is 10.6 Å². The van der Waals surface area contributed by atoms with Crippen molar-refractivity contribution in [1.29, 1.82) is 5.26 Å². The summed E-state index contributed by atoms with van der Waals surface area (Å²) in [4.78, 5) is 0. The average Bonchev–Trinajstić information content (AvgIpc) is 3.09. The molecule has 3 heteroatoms. The maximum Gasteiger partial charge on any atom is 0.0992 e. The van der Waals surface area contributed by atoms with Crippen LogP contribution in [0, 0.1) is 17.2 Å². The third-order valence-electron chi connectivity index (χ3n) is 4.53. The van der Waals surface area contributed by atoms with Gasteiger partial charge in [0.05, 0.1) is 11.6 Å². The summed E-state index contributed by atoms with van der Waals surface area (Å²) in [6, 6.07) is 11.3. The van der Waals surface area contributed by atoms with Crippen molar-refractivity contribution in [2.24, 2.45) is 5.92 Å². The Kier molecular flexibility index (Phi) is 3.70. The standard InChI is InChI=1S/C16H21N3/c17-11-12-4-1-5-13(10-12)19-16-7-2-6-14(16)15-8-3-9-18-15/h1,4-5,10,14-16,18-19H,2-3,6-9H2. The van der Waals surface area contributed by atoms with E-state index < -0.39 is 0 Å². The zero-order chi connectivity index (χ0) is 13.1. The van der Waals surface area contributed by atoms with E-state index in [0.717, 1.165) is 17.2 Å². The van der Waals surface area contributed by atoms with E-state index in [9.17, 15) is 0 Å². The van der Waals surface area contributed by atoms with Gasteiger partial charge in [0.2, 0.25) is 0 Å². The minimum Gasteiger partial charge on any atom is -0.382 e. The second kappa shape index (κ2) is 5.63. The van der Waals surface area contributed by atoms with Crippen molar-refractivity contribution >= 4 is 5.69 Å². The normalized spacial score (nSPS) is 30.2. The van der Waals surface area contributed by atoms with Crippen molar-refractivity contribution in [1.82, 2.24) is 5.32 Å². The summed E-state index contributed by atoms with van der Waals surface area (Å²) in [7, 11) is 0. The van der Waals surface area contributed by atoms with Crippen LogP contribution in [-0.2, 0) is 0 Å². The highest BCUT2D eigenvalue weighted by Gasteiger charge is 2.34. The van der Waals surface area contributed by atoms with Crippen LogP contribution < -0.4 is 10.6 Å².